The standard InChI is InChI=1S/C10H14N2O/c1-7-4-10(13,5-7)9-3-8(2)11-6-12-9/h3,6-7,13H,4-5H2,1-2H3. The van der Waals surface area contributed by atoms with E-state index in [1.54, 1.807) is 0 Å². The molecule has 1 heterocycles. The van der Waals surface area contributed by atoms with Gasteiger partial charge in [0.1, 0.15) is 11.9 Å². The predicted molar refractivity (Wildman–Crippen MR) is 49.1 cm³/mol. The molecule has 1 aliphatic rings. The minimum Gasteiger partial charge on any atom is -0.384 e. The van der Waals surface area contributed by atoms with Gasteiger partial charge < -0.3 is 5.11 Å². The van der Waals surface area contributed by atoms with Gasteiger partial charge in [-0.2, -0.15) is 0 Å². The van der Waals surface area contributed by atoms with E-state index < -0.39 is 5.60 Å². The van der Waals surface area contributed by atoms with Gasteiger partial charge in [-0.1, -0.05) is 6.92 Å². The molecule has 1 aromatic heterocycles. The molecule has 1 saturated carbocycles. The van der Waals surface area contributed by atoms with Crippen molar-refractivity contribution in [2.24, 2.45) is 5.92 Å². The average Bonchev–Trinajstić information content (AvgIpc) is 2.02. The maximum atomic E-state index is 10.1. The van der Waals surface area contributed by atoms with Crippen LogP contribution in [0, 0.1) is 12.8 Å². The van der Waals surface area contributed by atoms with Crippen molar-refractivity contribution in [1.29, 1.82) is 0 Å². The summed E-state index contributed by atoms with van der Waals surface area (Å²) in [7, 11) is 0. The van der Waals surface area contributed by atoms with E-state index in [1.165, 1.54) is 6.33 Å². The molecule has 0 unspecified atom stereocenters. The number of aliphatic hydroxyl groups is 1. The fourth-order valence-corrected chi connectivity index (χ4v) is 2.01. The van der Waals surface area contributed by atoms with E-state index in [2.05, 4.69) is 16.9 Å². The first-order valence-electron chi connectivity index (χ1n) is 4.62. The quantitative estimate of drug-likeness (QED) is 0.707. The Morgan fingerprint density at radius 1 is 1.46 bits per heavy atom. The molecular weight excluding hydrogens is 164 g/mol. The molecule has 1 aromatic rings. The summed E-state index contributed by atoms with van der Waals surface area (Å²) >= 11 is 0. The van der Waals surface area contributed by atoms with Crippen LogP contribution in [-0.4, -0.2) is 15.1 Å². The van der Waals surface area contributed by atoms with Crippen LogP contribution in [-0.2, 0) is 5.60 Å². The molecule has 13 heavy (non-hydrogen) atoms. The Kier molecular flexibility index (Phi) is 1.84. The SMILES string of the molecule is Cc1cc(C2(O)CC(C)C2)ncn1. The molecule has 0 aromatic carbocycles. The van der Waals surface area contributed by atoms with Crippen LogP contribution in [0.25, 0.3) is 0 Å². The van der Waals surface area contributed by atoms with E-state index in [4.69, 9.17) is 0 Å². The zero-order valence-electron chi connectivity index (χ0n) is 7.99. The molecule has 1 fully saturated rings. The normalized spacial score (nSPS) is 32.7. The second-order valence-corrected chi connectivity index (χ2v) is 4.09. The number of aromatic nitrogens is 2. The van der Waals surface area contributed by atoms with E-state index >= 15 is 0 Å². The zero-order chi connectivity index (χ0) is 9.47. The van der Waals surface area contributed by atoms with Crippen molar-refractivity contribution in [2.45, 2.75) is 32.3 Å². The number of hydrogen-bond acceptors (Lipinski definition) is 3. The van der Waals surface area contributed by atoms with Gasteiger partial charge in [-0.15, -0.1) is 0 Å². The first kappa shape index (κ1) is 8.63. The predicted octanol–water partition coefficient (Wildman–Crippen LogP) is 1.40. The summed E-state index contributed by atoms with van der Waals surface area (Å²) in [6.45, 7) is 4.05. The van der Waals surface area contributed by atoms with Crippen molar-refractivity contribution in [3.05, 3.63) is 23.8 Å². The van der Waals surface area contributed by atoms with E-state index in [9.17, 15) is 5.11 Å². The maximum Gasteiger partial charge on any atom is 0.116 e. The van der Waals surface area contributed by atoms with E-state index in [1.807, 2.05) is 13.0 Å². The Bertz CT molecular complexity index is 318. The first-order valence-corrected chi connectivity index (χ1v) is 4.62. The zero-order valence-corrected chi connectivity index (χ0v) is 7.99. The van der Waals surface area contributed by atoms with Crippen LogP contribution in [0.3, 0.4) is 0 Å². The average molecular weight is 178 g/mol. The van der Waals surface area contributed by atoms with Gasteiger partial charge in [-0.3, -0.25) is 0 Å². The summed E-state index contributed by atoms with van der Waals surface area (Å²) in [4.78, 5) is 8.12. The van der Waals surface area contributed by atoms with Gasteiger partial charge in [0.2, 0.25) is 0 Å². The summed E-state index contributed by atoms with van der Waals surface area (Å²) in [5.41, 5.74) is 1.02. The summed E-state index contributed by atoms with van der Waals surface area (Å²) in [6, 6.07) is 1.87. The molecular formula is C10H14N2O. The molecule has 0 radical (unpaired) electrons. The van der Waals surface area contributed by atoms with Gasteiger partial charge in [-0.05, 0) is 31.7 Å². The molecule has 1 aliphatic carbocycles. The molecule has 0 amide bonds. The summed E-state index contributed by atoms with van der Waals surface area (Å²) in [6.07, 6.45) is 3.17. The first-order chi connectivity index (χ1) is 6.10. The minimum absolute atomic E-state index is 0.611. The smallest absolute Gasteiger partial charge is 0.116 e. The summed E-state index contributed by atoms with van der Waals surface area (Å²) in [5.74, 6) is 0.611. The van der Waals surface area contributed by atoms with Gasteiger partial charge in [-0.25, -0.2) is 9.97 Å². The molecule has 0 saturated heterocycles. The molecule has 0 spiro atoms. The Labute approximate surface area is 77.8 Å². The van der Waals surface area contributed by atoms with Gasteiger partial charge in [0.25, 0.3) is 0 Å². The van der Waals surface area contributed by atoms with Crippen molar-refractivity contribution < 1.29 is 5.11 Å². The molecule has 2 rings (SSSR count). The Morgan fingerprint density at radius 3 is 2.69 bits per heavy atom. The van der Waals surface area contributed by atoms with Crippen LogP contribution in [0.4, 0.5) is 0 Å². The third kappa shape index (κ3) is 1.44. The van der Waals surface area contributed by atoms with Crippen molar-refractivity contribution in [3.8, 4) is 0 Å². The van der Waals surface area contributed by atoms with Gasteiger partial charge >= 0.3 is 0 Å². The van der Waals surface area contributed by atoms with E-state index in [0.717, 1.165) is 24.2 Å². The third-order valence-electron chi connectivity index (χ3n) is 2.65. The van der Waals surface area contributed by atoms with Gasteiger partial charge in [0, 0.05) is 5.69 Å². The van der Waals surface area contributed by atoms with Gasteiger partial charge in [0.05, 0.1) is 5.69 Å². The maximum absolute atomic E-state index is 10.1. The monoisotopic (exact) mass is 178 g/mol. The van der Waals surface area contributed by atoms with Crippen LogP contribution in [0.15, 0.2) is 12.4 Å². The summed E-state index contributed by atoms with van der Waals surface area (Å²) in [5, 5.41) is 10.1. The molecule has 3 heteroatoms. The van der Waals surface area contributed by atoms with Crippen LogP contribution >= 0.6 is 0 Å². The summed E-state index contributed by atoms with van der Waals surface area (Å²) < 4.78 is 0. The lowest BCUT2D eigenvalue weighted by Gasteiger charge is -2.41. The molecule has 70 valence electrons. The molecule has 3 nitrogen and oxygen atoms in total. The van der Waals surface area contributed by atoms with Crippen LogP contribution < -0.4 is 0 Å². The topological polar surface area (TPSA) is 46.0 Å². The van der Waals surface area contributed by atoms with Crippen molar-refractivity contribution in [2.75, 3.05) is 0 Å². The Hall–Kier alpha value is -0.960. The van der Waals surface area contributed by atoms with Crippen molar-refractivity contribution in [3.63, 3.8) is 0 Å². The van der Waals surface area contributed by atoms with Crippen molar-refractivity contribution in [1.82, 2.24) is 9.97 Å². The lowest BCUT2D eigenvalue weighted by atomic mass is 9.70. The highest BCUT2D eigenvalue weighted by molar-refractivity contribution is 5.18. The Balaban J connectivity index is 2.26. The fraction of sp³-hybridized carbons (Fsp3) is 0.600. The molecule has 0 bridgehead atoms. The Morgan fingerprint density at radius 2 is 2.15 bits per heavy atom. The van der Waals surface area contributed by atoms with Gasteiger partial charge in [0.15, 0.2) is 0 Å². The van der Waals surface area contributed by atoms with Crippen molar-refractivity contribution >= 4 is 0 Å². The van der Waals surface area contributed by atoms with E-state index in [-0.39, 0.29) is 0 Å². The van der Waals surface area contributed by atoms with Crippen LogP contribution in [0.5, 0.6) is 0 Å². The molecule has 0 aliphatic heterocycles. The highest BCUT2D eigenvalue weighted by Gasteiger charge is 2.42. The fourth-order valence-electron chi connectivity index (χ4n) is 2.01. The highest BCUT2D eigenvalue weighted by Crippen LogP contribution is 2.44. The number of hydrogen-bond donors (Lipinski definition) is 1. The molecule has 1 N–H and O–H groups in total. The second kappa shape index (κ2) is 2.77. The lowest BCUT2D eigenvalue weighted by molar-refractivity contribution is -0.0774. The molecule has 0 atom stereocenters. The second-order valence-electron chi connectivity index (χ2n) is 4.09. The lowest BCUT2D eigenvalue weighted by Crippen LogP contribution is -2.40. The third-order valence-corrected chi connectivity index (χ3v) is 2.65. The minimum atomic E-state index is -0.673. The number of aryl methyl sites for hydroxylation is 1. The van der Waals surface area contributed by atoms with Crippen LogP contribution in [0.1, 0.15) is 31.2 Å². The highest BCUT2D eigenvalue weighted by atomic mass is 16.3. The van der Waals surface area contributed by atoms with Crippen LogP contribution in [0.2, 0.25) is 0 Å². The largest absolute Gasteiger partial charge is 0.384 e. The van der Waals surface area contributed by atoms with E-state index in [0.29, 0.717) is 5.92 Å². The number of rotatable bonds is 1. The number of nitrogens with zero attached hydrogens (tertiary/aromatic N) is 2.